The molecule has 0 saturated carbocycles. The third-order valence-electron chi connectivity index (χ3n) is 3.70. The molecular weight excluding hydrogens is 354 g/mol. The second kappa shape index (κ2) is 8.64. The van der Waals surface area contributed by atoms with Gasteiger partial charge < -0.3 is 9.47 Å². The minimum absolute atomic E-state index is 0.515. The fourth-order valence-corrected chi connectivity index (χ4v) is 2.44. The van der Waals surface area contributed by atoms with Gasteiger partial charge in [0.05, 0.1) is 7.11 Å². The summed E-state index contributed by atoms with van der Waals surface area (Å²) in [5.41, 5.74) is 0.865. The number of ether oxygens (including phenoxy) is 2. The Morgan fingerprint density at radius 2 is 1.92 bits per heavy atom. The standard InChI is InChI=1S/C18H20ClN5O2/c1-23(10-11-26-16-8-6-15(19)7-9-16)13-24-21-18(20-22-24)14-4-3-5-17(12-14)25-2/h3-9,12H,10-11,13H2,1-2H3. The van der Waals surface area contributed by atoms with Gasteiger partial charge in [0.2, 0.25) is 5.82 Å². The van der Waals surface area contributed by atoms with Crippen LogP contribution in [0.1, 0.15) is 0 Å². The van der Waals surface area contributed by atoms with Gasteiger partial charge in [-0.25, -0.2) is 0 Å². The minimum Gasteiger partial charge on any atom is -0.497 e. The fraction of sp³-hybridized carbons (Fsp3) is 0.278. The lowest BCUT2D eigenvalue weighted by Gasteiger charge is -2.15. The molecule has 7 nitrogen and oxygen atoms in total. The maximum absolute atomic E-state index is 5.86. The Morgan fingerprint density at radius 3 is 2.69 bits per heavy atom. The first kappa shape index (κ1) is 18.2. The van der Waals surface area contributed by atoms with Gasteiger partial charge in [0.15, 0.2) is 0 Å². The van der Waals surface area contributed by atoms with Crippen molar-refractivity contribution in [1.29, 1.82) is 0 Å². The molecule has 1 heterocycles. The summed E-state index contributed by atoms with van der Waals surface area (Å²) in [7, 11) is 3.60. The molecule has 26 heavy (non-hydrogen) atoms. The number of hydrogen-bond acceptors (Lipinski definition) is 6. The lowest BCUT2D eigenvalue weighted by Crippen LogP contribution is -2.28. The Balaban J connectivity index is 1.50. The number of likely N-dealkylation sites (N-methyl/N-ethyl adjacent to an activating group) is 1. The first-order valence-corrected chi connectivity index (χ1v) is 8.51. The van der Waals surface area contributed by atoms with Crippen LogP contribution in [-0.4, -0.2) is 52.4 Å². The van der Waals surface area contributed by atoms with Crippen LogP contribution >= 0.6 is 11.6 Å². The number of methoxy groups -OCH3 is 1. The van der Waals surface area contributed by atoms with E-state index in [1.165, 1.54) is 0 Å². The summed E-state index contributed by atoms with van der Waals surface area (Å²) in [5.74, 6) is 2.12. The Hall–Kier alpha value is -2.64. The molecule has 3 rings (SSSR count). The van der Waals surface area contributed by atoms with Gasteiger partial charge in [-0.2, -0.15) is 0 Å². The van der Waals surface area contributed by atoms with Gasteiger partial charge in [0.1, 0.15) is 24.8 Å². The smallest absolute Gasteiger partial charge is 0.205 e. The van der Waals surface area contributed by atoms with Crippen molar-refractivity contribution in [2.45, 2.75) is 6.67 Å². The van der Waals surface area contributed by atoms with E-state index in [2.05, 4.69) is 15.4 Å². The highest BCUT2D eigenvalue weighted by molar-refractivity contribution is 6.30. The van der Waals surface area contributed by atoms with Crippen molar-refractivity contribution in [3.8, 4) is 22.9 Å². The molecule has 0 aliphatic heterocycles. The lowest BCUT2D eigenvalue weighted by atomic mass is 10.2. The molecule has 0 atom stereocenters. The molecule has 0 aliphatic carbocycles. The second-order valence-electron chi connectivity index (χ2n) is 5.74. The fourth-order valence-electron chi connectivity index (χ4n) is 2.32. The first-order chi connectivity index (χ1) is 12.6. The van der Waals surface area contributed by atoms with Crippen molar-refractivity contribution in [2.75, 3.05) is 27.3 Å². The maximum Gasteiger partial charge on any atom is 0.205 e. The van der Waals surface area contributed by atoms with E-state index in [0.29, 0.717) is 24.1 Å². The quantitative estimate of drug-likeness (QED) is 0.604. The normalized spacial score (nSPS) is 10.9. The Kier molecular flexibility index (Phi) is 6.04. The third kappa shape index (κ3) is 4.93. The van der Waals surface area contributed by atoms with Crippen molar-refractivity contribution >= 4 is 11.6 Å². The number of halogens is 1. The highest BCUT2D eigenvalue weighted by Crippen LogP contribution is 2.20. The van der Waals surface area contributed by atoms with Crippen molar-refractivity contribution in [1.82, 2.24) is 25.1 Å². The van der Waals surface area contributed by atoms with E-state index >= 15 is 0 Å². The van der Waals surface area contributed by atoms with Crippen LogP contribution in [0.2, 0.25) is 5.02 Å². The number of nitrogens with zero attached hydrogens (tertiary/aromatic N) is 5. The van der Waals surface area contributed by atoms with Gasteiger partial charge in [-0.3, -0.25) is 4.90 Å². The van der Waals surface area contributed by atoms with Crippen LogP contribution in [0, 0.1) is 0 Å². The van der Waals surface area contributed by atoms with E-state index in [1.54, 1.807) is 24.0 Å². The molecule has 0 radical (unpaired) electrons. The van der Waals surface area contributed by atoms with Gasteiger partial charge in [0, 0.05) is 17.1 Å². The number of benzene rings is 2. The topological polar surface area (TPSA) is 65.3 Å². The zero-order chi connectivity index (χ0) is 18.4. The van der Waals surface area contributed by atoms with Gasteiger partial charge >= 0.3 is 0 Å². The van der Waals surface area contributed by atoms with Crippen LogP contribution in [0.15, 0.2) is 48.5 Å². The van der Waals surface area contributed by atoms with E-state index in [4.69, 9.17) is 21.1 Å². The van der Waals surface area contributed by atoms with Crippen LogP contribution in [-0.2, 0) is 6.67 Å². The van der Waals surface area contributed by atoms with E-state index in [9.17, 15) is 0 Å². The van der Waals surface area contributed by atoms with Crippen LogP contribution < -0.4 is 9.47 Å². The zero-order valence-corrected chi connectivity index (χ0v) is 15.4. The summed E-state index contributed by atoms with van der Waals surface area (Å²) in [6.45, 7) is 1.79. The average Bonchev–Trinajstić information content (AvgIpc) is 3.12. The third-order valence-corrected chi connectivity index (χ3v) is 3.96. The Labute approximate surface area is 157 Å². The first-order valence-electron chi connectivity index (χ1n) is 8.13. The van der Waals surface area contributed by atoms with Gasteiger partial charge in [-0.05, 0) is 48.7 Å². The largest absolute Gasteiger partial charge is 0.497 e. The summed E-state index contributed by atoms with van der Waals surface area (Å²) < 4.78 is 10.9. The number of rotatable bonds is 8. The molecule has 0 saturated heterocycles. The summed E-state index contributed by atoms with van der Waals surface area (Å²) in [4.78, 5) is 3.60. The van der Waals surface area contributed by atoms with Crippen LogP contribution in [0.3, 0.4) is 0 Å². The molecule has 0 amide bonds. The molecule has 0 aliphatic rings. The molecule has 8 heteroatoms. The summed E-state index contributed by atoms with van der Waals surface area (Å²) in [5, 5.41) is 13.3. The molecule has 0 fully saturated rings. The highest BCUT2D eigenvalue weighted by atomic mass is 35.5. The van der Waals surface area contributed by atoms with Crippen LogP contribution in [0.4, 0.5) is 0 Å². The van der Waals surface area contributed by atoms with Crippen LogP contribution in [0.25, 0.3) is 11.4 Å². The van der Waals surface area contributed by atoms with E-state index < -0.39 is 0 Å². The molecule has 3 aromatic rings. The van der Waals surface area contributed by atoms with E-state index in [1.807, 2.05) is 48.3 Å². The second-order valence-corrected chi connectivity index (χ2v) is 6.18. The SMILES string of the molecule is COc1cccc(-c2nnn(CN(C)CCOc3ccc(Cl)cc3)n2)c1. The molecule has 0 spiro atoms. The molecule has 0 bridgehead atoms. The van der Waals surface area contributed by atoms with Crippen LogP contribution in [0.5, 0.6) is 11.5 Å². The maximum atomic E-state index is 5.86. The minimum atomic E-state index is 0.515. The summed E-state index contributed by atoms with van der Waals surface area (Å²) in [6.07, 6.45) is 0. The molecule has 0 N–H and O–H groups in total. The molecule has 0 unspecified atom stereocenters. The number of hydrogen-bond donors (Lipinski definition) is 0. The summed E-state index contributed by atoms with van der Waals surface area (Å²) in [6, 6.07) is 14.9. The predicted molar refractivity (Wildman–Crippen MR) is 99.4 cm³/mol. The van der Waals surface area contributed by atoms with Crippen molar-refractivity contribution in [3.63, 3.8) is 0 Å². The number of aromatic nitrogens is 4. The predicted octanol–water partition coefficient (Wildman–Crippen LogP) is 2.97. The van der Waals surface area contributed by atoms with E-state index in [-0.39, 0.29) is 0 Å². The van der Waals surface area contributed by atoms with Gasteiger partial charge in [-0.1, -0.05) is 23.7 Å². The molecule has 1 aromatic heterocycles. The van der Waals surface area contributed by atoms with Crippen molar-refractivity contribution in [2.24, 2.45) is 0 Å². The zero-order valence-electron chi connectivity index (χ0n) is 14.7. The molecule has 2 aromatic carbocycles. The number of tetrazole rings is 1. The Morgan fingerprint density at radius 1 is 1.12 bits per heavy atom. The highest BCUT2D eigenvalue weighted by Gasteiger charge is 2.08. The Bertz CT molecular complexity index is 838. The average molecular weight is 374 g/mol. The van der Waals surface area contributed by atoms with E-state index in [0.717, 1.165) is 23.6 Å². The van der Waals surface area contributed by atoms with Gasteiger partial charge in [0.25, 0.3) is 0 Å². The molecular formula is C18H20ClN5O2. The summed E-state index contributed by atoms with van der Waals surface area (Å²) >= 11 is 5.86. The van der Waals surface area contributed by atoms with Crippen molar-refractivity contribution < 1.29 is 9.47 Å². The van der Waals surface area contributed by atoms with Crippen molar-refractivity contribution in [3.05, 3.63) is 53.6 Å². The lowest BCUT2D eigenvalue weighted by molar-refractivity contribution is 0.188. The van der Waals surface area contributed by atoms with Gasteiger partial charge in [-0.15, -0.1) is 15.0 Å². The molecule has 136 valence electrons. The monoisotopic (exact) mass is 373 g/mol.